The molecule has 0 aliphatic heterocycles. The molecule has 0 amide bonds. The summed E-state index contributed by atoms with van der Waals surface area (Å²) in [5, 5.41) is 0. The highest BCUT2D eigenvalue weighted by atomic mass is 16.6. The number of rotatable bonds is 5. The molecule has 0 radical (unpaired) electrons. The zero-order chi connectivity index (χ0) is 9.52. The summed E-state index contributed by atoms with van der Waals surface area (Å²) in [4.78, 5) is 4.77. The quantitative estimate of drug-likeness (QED) is 0.702. The average molecular weight is 181 g/mol. The summed E-state index contributed by atoms with van der Waals surface area (Å²) in [7, 11) is 1.60. The minimum Gasteiger partial charge on any atom is -0.494 e. The summed E-state index contributed by atoms with van der Waals surface area (Å²) >= 11 is 0. The van der Waals surface area contributed by atoms with Crippen LogP contribution in [0.25, 0.3) is 0 Å². The maximum Gasteiger partial charge on any atom is 0.123 e. The number of hydrogen-bond donors (Lipinski definition) is 1. The van der Waals surface area contributed by atoms with Crippen molar-refractivity contribution in [2.45, 2.75) is 13.5 Å². The van der Waals surface area contributed by atoms with Crippen molar-refractivity contribution in [3.8, 4) is 5.75 Å². The number of hydrogen-bond acceptors (Lipinski definition) is 3. The van der Waals surface area contributed by atoms with E-state index in [0.29, 0.717) is 13.2 Å². The third-order valence-corrected chi connectivity index (χ3v) is 1.68. The van der Waals surface area contributed by atoms with Gasteiger partial charge in [-0.3, -0.25) is 0 Å². The maximum absolute atomic E-state index is 5.44. The van der Waals surface area contributed by atoms with Crippen molar-refractivity contribution >= 4 is 0 Å². The monoisotopic (exact) mass is 181 g/mol. The number of hydroxylamine groups is 1. The van der Waals surface area contributed by atoms with Gasteiger partial charge in [-0.2, -0.15) is 5.48 Å². The van der Waals surface area contributed by atoms with E-state index in [0.717, 1.165) is 11.3 Å². The molecule has 1 aromatic rings. The molecule has 0 aromatic heterocycles. The number of nitrogens with one attached hydrogen (secondary N) is 1. The van der Waals surface area contributed by atoms with Crippen LogP contribution in [0, 0.1) is 0 Å². The molecule has 0 aliphatic rings. The van der Waals surface area contributed by atoms with E-state index in [-0.39, 0.29) is 0 Å². The Morgan fingerprint density at radius 2 is 2.08 bits per heavy atom. The Morgan fingerprint density at radius 1 is 1.31 bits per heavy atom. The molecule has 0 fully saturated rings. The second kappa shape index (κ2) is 5.56. The molecule has 0 aliphatic carbocycles. The second-order valence-electron chi connectivity index (χ2n) is 2.57. The topological polar surface area (TPSA) is 30.5 Å². The van der Waals surface area contributed by atoms with Gasteiger partial charge in [-0.05, 0) is 13.0 Å². The molecule has 1 rings (SSSR count). The molecule has 0 atom stereocenters. The van der Waals surface area contributed by atoms with Gasteiger partial charge in [0.05, 0.1) is 13.7 Å². The molecule has 0 unspecified atom stereocenters. The predicted molar refractivity (Wildman–Crippen MR) is 51.5 cm³/mol. The van der Waals surface area contributed by atoms with Gasteiger partial charge in [0, 0.05) is 12.1 Å². The van der Waals surface area contributed by atoms with Crippen LogP contribution < -0.4 is 10.2 Å². The summed E-state index contributed by atoms with van der Waals surface area (Å²) in [5.41, 5.74) is 3.89. The third kappa shape index (κ3) is 3.05. The van der Waals surface area contributed by atoms with Gasteiger partial charge >= 0.3 is 0 Å². The van der Waals surface area contributed by atoms with Gasteiger partial charge < -0.3 is 9.57 Å². The number of ether oxygens (including phenoxy) is 1. The zero-order valence-corrected chi connectivity index (χ0v) is 8.04. The van der Waals surface area contributed by atoms with Gasteiger partial charge in [0.25, 0.3) is 0 Å². The standard InChI is InChI=1S/C10H15NO2/c1-3-13-10-7-5-4-6-9(10)8-11-12-2/h4-7,11H,3,8H2,1-2H3. The molecule has 3 nitrogen and oxygen atoms in total. The lowest BCUT2D eigenvalue weighted by molar-refractivity contribution is 0.0860. The van der Waals surface area contributed by atoms with Crippen LogP contribution in [0.3, 0.4) is 0 Å². The van der Waals surface area contributed by atoms with E-state index >= 15 is 0 Å². The van der Waals surface area contributed by atoms with Crippen LogP contribution in [-0.4, -0.2) is 13.7 Å². The van der Waals surface area contributed by atoms with Crippen molar-refractivity contribution in [2.75, 3.05) is 13.7 Å². The van der Waals surface area contributed by atoms with E-state index in [1.54, 1.807) is 7.11 Å². The summed E-state index contributed by atoms with van der Waals surface area (Å²) in [6, 6.07) is 7.91. The van der Waals surface area contributed by atoms with Gasteiger partial charge in [0.1, 0.15) is 5.75 Å². The second-order valence-corrected chi connectivity index (χ2v) is 2.57. The van der Waals surface area contributed by atoms with Crippen molar-refractivity contribution in [3.63, 3.8) is 0 Å². The van der Waals surface area contributed by atoms with Gasteiger partial charge in [0.15, 0.2) is 0 Å². The first-order chi connectivity index (χ1) is 6.38. The molecular formula is C10H15NO2. The average Bonchev–Trinajstić information content (AvgIpc) is 2.17. The van der Waals surface area contributed by atoms with Crippen molar-refractivity contribution in [2.24, 2.45) is 0 Å². The highest BCUT2D eigenvalue weighted by Gasteiger charge is 2.00. The van der Waals surface area contributed by atoms with E-state index in [1.165, 1.54) is 0 Å². The van der Waals surface area contributed by atoms with E-state index in [2.05, 4.69) is 5.48 Å². The molecule has 1 aromatic carbocycles. The van der Waals surface area contributed by atoms with Crippen LogP contribution in [0.15, 0.2) is 24.3 Å². The molecule has 3 heteroatoms. The van der Waals surface area contributed by atoms with Crippen LogP contribution in [0.1, 0.15) is 12.5 Å². The van der Waals surface area contributed by atoms with E-state index in [4.69, 9.17) is 9.57 Å². The first-order valence-electron chi connectivity index (χ1n) is 4.35. The number of benzene rings is 1. The van der Waals surface area contributed by atoms with E-state index < -0.39 is 0 Å². The first kappa shape index (κ1) is 10.0. The van der Waals surface area contributed by atoms with Gasteiger partial charge in [-0.15, -0.1) is 0 Å². The lowest BCUT2D eigenvalue weighted by Crippen LogP contribution is -2.11. The molecule has 0 saturated carbocycles. The summed E-state index contributed by atoms with van der Waals surface area (Å²) in [6.45, 7) is 3.32. The Balaban J connectivity index is 2.66. The van der Waals surface area contributed by atoms with Crippen LogP contribution in [0.2, 0.25) is 0 Å². The summed E-state index contributed by atoms with van der Waals surface area (Å²) < 4.78 is 5.44. The van der Waals surface area contributed by atoms with Gasteiger partial charge in [0.2, 0.25) is 0 Å². The Kier molecular flexibility index (Phi) is 4.29. The van der Waals surface area contributed by atoms with Crippen molar-refractivity contribution < 1.29 is 9.57 Å². The highest BCUT2D eigenvalue weighted by molar-refractivity contribution is 5.32. The molecular weight excluding hydrogens is 166 g/mol. The van der Waals surface area contributed by atoms with Crippen LogP contribution in [0.4, 0.5) is 0 Å². The SMILES string of the molecule is CCOc1ccccc1CNOC. The Bertz CT molecular complexity index is 250. The fourth-order valence-corrected chi connectivity index (χ4v) is 1.10. The van der Waals surface area contributed by atoms with Crippen molar-refractivity contribution in [1.29, 1.82) is 0 Å². The fraction of sp³-hybridized carbons (Fsp3) is 0.400. The largest absolute Gasteiger partial charge is 0.494 e. The van der Waals surface area contributed by atoms with Crippen LogP contribution >= 0.6 is 0 Å². The molecule has 1 N–H and O–H groups in total. The number of para-hydroxylation sites is 1. The fourth-order valence-electron chi connectivity index (χ4n) is 1.10. The van der Waals surface area contributed by atoms with Crippen LogP contribution in [-0.2, 0) is 11.4 Å². The van der Waals surface area contributed by atoms with Gasteiger partial charge in [-0.25, -0.2) is 0 Å². The molecule has 0 saturated heterocycles. The van der Waals surface area contributed by atoms with Gasteiger partial charge in [-0.1, -0.05) is 18.2 Å². The lowest BCUT2D eigenvalue weighted by Gasteiger charge is -2.09. The predicted octanol–water partition coefficient (Wildman–Crippen LogP) is 1.74. The van der Waals surface area contributed by atoms with Crippen LogP contribution in [0.5, 0.6) is 5.75 Å². The van der Waals surface area contributed by atoms with E-state index in [1.807, 2.05) is 31.2 Å². The lowest BCUT2D eigenvalue weighted by atomic mass is 10.2. The Labute approximate surface area is 78.6 Å². The maximum atomic E-state index is 5.44. The molecule has 0 heterocycles. The van der Waals surface area contributed by atoms with Crippen molar-refractivity contribution in [3.05, 3.63) is 29.8 Å². The third-order valence-electron chi connectivity index (χ3n) is 1.68. The van der Waals surface area contributed by atoms with Crippen molar-refractivity contribution in [1.82, 2.24) is 5.48 Å². The summed E-state index contributed by atoms with van der Waals surface area (Å²) in [5.74, 6) is 0.912. The minimum atomic E-state index is 0.659. The normalized spacial score (nSPS) is 10.0. The van der Waals surface area contributed by atoms with E-state index in [9.17, 15) is 0 Å². The smallest absolute Gasteiger partial charge is 0.123 e. The molecule has 13 heavy (non-hydrogen) atoms. The minimum absolute atomic E-state index is 0.659. The summed E-state index contributed by atoms with van der Waals surface area (Å²) in [6.07, 6.45) is 0. The molecule has 72 valence electrons. The molecule has 0 bridgehead atoms. The highest BCUT2D eigenvalue weighted by Crippen LogP contribution is 2.17. The Hall–Kier alpha value is -1.06. The molecule has 0 spiro atoms. The zero-order valence-electron chi connectivity index (χ0n) is 8.04. The first-order valence-corrected chi connectivity index (χ1v) is 4.35. The Morgan fingerprint density at radius 3 is 2.77 bits per heavy atom.